The summed E-state index contributed by atoms with van der Waals surface area (Å²) in [6, 6.07) is 13.9. The van der Waals surface area contributed by atoms with Gasteiger partial charge >= 0.3 is 0 Å². The third-order valence-electron chi connectivity index (χ3n) is 3.82. The number of methoxy groups -OCH3 is 1. The summed E-state index contributed by atoms with van der Waals surface area (Å²) in [7, 11) is 1.59. The molecule has 0 aliphatic heterocycles. The van der Waals surface area contributed by atoms with E-state index >= 15 is 0 Å². The van der Waals surface area contributed by atoms with Crippen molar-refractivity contribution in [2.24, 2.45) is 0 Å². The molecule has 5 heteroatoms. The van der Waals surface area contributed by atoms with Gasteiger partial charge < -0.3 is 10.1 Å². The van der Waals surface area contributed by atoms with Crippen LogP contribution in [0.3, 0.4) is 0 Å². The molecule has 0 saturated carbocycles. The van der Waals surface area contributed by atoms with Crippen LogP contribution in [0.1, 0.15) is 16.8 Å². The van der Waals surface area contributed by atoms with Crippen LogP contribution in [0, 0.1) is 13.8 Å². The van der Waals surface area contributed by atoms with Crippen molar-refractivity contribution in [2.45, 2.75) is 20.3 Å². The maximum Gasteiger partial charge on any atom is 0.230 e. The van der Waals surface area contributed by atoms with Crippen molar-refractivity contribution in [1.82, 2.24) is 4.98 Å². The van der Waals surface area contributed by atoms with E-state index in [-0.39, 0.29) is 12.3 Å². The number of amides is 1. The summed E-state index contributed by atoms with van der Waals surface area (Å²) in [6.07, 6.45) is 0.236. The van der Waals surface area contributed by atoms with Crippen molar-refractivity contribution in [3.63, 3.8) is 0 Å². The SMILES string of the molecule is COc1ccc(C)cc1NC(=O)Cc1csc(-c2ccc(C)cc2)n1. The van der Waals surface area contributed by atoms with Crippen molar-refractivity contribution in [2.75, 3.05) is 12.4 Å². The fourth-order valence-electron chi connectivity index (χ4n) is 2.50. The van der Waals surface area contributed by atoms with Gasteiger partial charge in [0.15, 0.2) is 0 Å². The molecule has 1 aromatic heterocycles. The van der Waals surface area contributed by atoms with Crippen LogP contribution in [0.2, 0.25) is 0 Å². The summed E-state index contributed by atoms with van der Waals surface area (Å²) in [5.74, 6) is 0.544. The summed E-state index contributed by atoms with van der Waals surface area (Å²) in [4.78, 5) is 16.9. The molecule has 0 unspecified atom stereocenters. The second-order valence-corrected chi connectivity index (χ2v) is 6.80. The van der Waals surface area contributed by atoms with E-state index in [2.05, 4.69) is 41.5 Å². The number of anilines is 1. The normalized spacial score (nSPS) is 10.5. The number of ether oxygens (including phenoxy) is 1. The van der Waals surface area contributed by atoms with Gasteiger partial charge in [-0.25, -0.2) is 4.98 Å². The van der Waals surface area contributed by atoms with Gasteiger partial charge in [-0.2, -0.15) is 0 Å². The number of carbonyl (C=O) groups is 1. The molecule has 1 amide bonds. The van der Waals surface area contributed by atoms with Crippen LogP contribution >= 0.6 is 11.3 Å². The minimum absolute atomic E-state index is 0.107. The van der Waals surface area contributed by atoms with E-state index in [1.807, 2.05) is 30.5 Å². The molecule has 3 rings (SSSR count). The highest BCUT2D eigenvalue weighted by Gasteiger charge is 2.11. The van der Waals surface area contributed by atoms with Gasteiger partial charge in [-0.3, -0.25) is 4.79 Å². The second kappa shape index (κ2) is 7.49. The van der Waals surface area contributed by atoms with Crippen molar-refractivity contribution in [3.05, 3.63) is 64.7 Å². The van der Waals surface area contributed by atoms with E-state index in [1.165, 1.54) is 5.56 Å². The quantitative estimate of drug-likeness (QED) is 0.729. The summed E-state index contributed by atoms with van der Waals surface area (Å²) in [6.45, 7) is 4.03. The van der Waals surface area contributed by atoms with Gasteiger partial charge in [0.1, 0.15) is 10.8 Å². The van der Waals surface area contributed by atoms with Crippen LogP contribution in [0.5, 0.6) is 5.75 Å². The molecule has 0 bridgehead atoms. The summed E-state index contributed by atoms with van der Waals surface area (Å²) < 4.78 is 5.29. The Morgan fingerprint density at radius 1 is 1.12 bits per heavy atom. The summed E-state index contributed by atoms with van der Waals surface area (Å²) in [5.41, 5.74) is 4.80. The number of rotatable bonds is 5. The third-order valence-corrected chi connectivity index (χ3v) is 4.76. The molecule has 4 nitrogen and oxygen atoms in total. The number of carbonyl (C=O) groups excluding carboxylic acids is 1. The van der Waals surface area contributed by atoms with Gasteiger partial charge in [-0.05, 0) is 31.5 Å². The molecule has 0 radical (unpaired) electrons. The number of thiazole rings is 1. The molecule has 128 valence electrons. The van der Waals surface area contributed by atoms with Crippen LogP contribution in [0.4, 0.5) is 5.69 Å². The first-order chi connectivity index (χ1) is 12.0. The zero-order valence-electron chi connectivity index (χ0n) is 14.5. The molecule has 1 N–H and O–H groups in total. The smallest absolute Gasteiger partial charge is 0.230 e. The van der Waals surface area contributed by atoms with E-state index in [0.717, 1.165) is 21.8 Å². The molecule has 0 saturated heterocycles. The van der Waals surface area contributed by atoms with Gasteiger partial charge in [-0.15, -0.1) is 11.3 Å². The highest BCUT2D eigenvalue weighted by atomic mass is 32.1. The fraction of sp³-hybridized carbons (Fsp3) is 0.200. The number of benzene rings is 2. The van der Waals surface area contributed by atoms with Crippen LogP contribution in [-0.2, 0) is 11.2 Å². The molecular weight excluding hydrogens is 332 g/mol. The number of nitrogens with zero attached hydrogens (tertiary/aromatic N) is 1. The largest absolute Gasteiger partial charge is 0.495 e. The average Bonchev–Trinajstić information content (AvgIpc) is 3.04. The number of hydrogen-bond acceptors (Lipinski definition) is 4. The standard InChI is InChI=1S/C20H20N2O2S/c1-13-4-7-15(8-5-13)20-21-16(12-25-20)11-19(23)22-17-10-14(2)6-9-18(17)24-3/h4-10,12H,11H2,1-3H3,(H,22,23). The first kappa shape index (κ1) is 17.2. The van der Waals surface area contributed by atoms with Crippen molar-refractivity contribution >= 4 is 22.9 Å². The van der Waals surface area contributed by atoms with Gasteiger partial charge in [0.05, 0.1) is 24.9 Å². The lowest BCUT2D eigenvalue weighted by Gasteiger charge is -2.10. The van der Waals surface area contributed by atoms with E-state index in [0.29, 0.717) is 11.4 Å². The Labute approximate surface area is 151 Å². The first-order valence-corrected chi connectivity index (χ1v) is 8.89. The molecule has 3 aromatic rings. The molecule has 0 fully saturated rings. The van der Waals surface area contributed by atoms with Gasteiger partial charge in [0.2, 0.25) is 5.91 Å². The number of nitrogens with one attached hydrogen (secondary N) is 1. The minimum atomic E-state index is -0.107. The second-order valence-electron chi connectivity index (χ2n) is 5.94. The molecule has 0 atom stereocenters. The van der Waals surface area contributed by atoms with Gasteiger partial charge in [-0.1, -0.05) is 35.9 Å². The first-order valence-electron chi connectivity index (χ1n) is 8.01. The van der Waals surface area contributed by atoms with Crippen LogP contribution < -0.4 is 10.1 Å². The number of aryl methyl sites for hydroxylation is 2. The van der Waals surface area contributed by atoms with Crippen molar-refractivity contribution in [3.8, 4) is 16.3 Å². The van der Waals surface area contributed by atoms with Crippen molar-refractivity contribution < 1.29 is 9.53 Å². The van der Waals surface area contributed by atoms with E-state index in [9.17, 15) is 4.79 Å². The Kier molecular flexibility index (Phi) is 5.14. The molecule has 25 heavy (non-hydrogen) atoms. The van der Waals surface area contributed by atoms with E-state index in [1.54, 1.807) is 18.4 Å². The van der Waals surface area contributed by atoms with Crippen molar-refractivity contribution in [1.29, 1.82) is 0 Å². The topological polar surface area (TPSA) is 51.2 Å². The lowest BCUT2D eigenvalue weighted by atomic mass is 10.2. The molecule has 0 aliphatic rings. The molecule has 1 heterocycles. The highest BCUT2D eigenvalue weighted by molar-refractivity contribution is 7.13. The minimum Gasteiger partial charge on any atom is -0.495 e. The van der Waals surface area contributed by atoms with Crippen LogP contribution in [-0.4, -0.2) is 18.0 Å². The third kappa shape index (κ3) is 4.25. The maximum atomic E-state index is 12.3. The summed E-state index contributed by atoms with van der Waals surface area (Å²) in [5, 5.41) is 5.77. The van der Waals surface area contributed by atoms with E-state index in [4.69, 9.17) is 4.74 Å². The van der Waals surface area contributed by atoms with Gasteiger partial charge in [0.25, 0.3) is 0 Å². The molecule has 0 aliphatic carbocycles. The predicted octanol–water partition coefficient (Wildman–Crippen LogP) is 4.62. The Bertz CT molecular complexity index is 885. The highest BCUT2D eigenvalue weighted by Crippen LogP contribution is 2.26. The average molecular weight is 352 g/mol. The molecule has 0 spiro atoms. The molecular formula is C20H20N2O2S. The van der Waals surface area contributed by atoms with Gasteiger partial charge in [0, 0.05) is 10.9 Å². The van der Waals surface area contributed by atoms with Crippen LogP contribution in [0.25, 0.3) is 10.6 Å². The Morgan fingerprint density at radius 3 is 2.56 bits per heavy atom. The predicted molar refractivity (Wildman–Crippen MR) is 102 cm³/mol. The number of aromatic nitrogens is 1. The maximum absolute atomic E-state index is 12.3. The Morgan fingerprint density at radius 2 is 1.84 bits per heavy atom. The van der Waals surface area contributed by atoms with E-state index < -0.39 is 0 Å². The zero-order chi connectivity index (χ0) is 17.8. The lowest BCUT2D eigenvalue weighted by Crippen LogP contribution is -2.15. The monoisotopic (exact) mass is 352 g/mol. The lowest BCUT2D eigenvalue weighted by molar-refractivity contribution is -0.115. The fourth-order valence-corrected chi connectivity index (χ4v) is 3.32. The van der Waals surface area contributed by atoms with Crippen LogP contribution in [0.15, 0.2) is 47.8 Å². The number of hydrogen-bond donors (Lipinski definition) is 1. The molecule has 2 aromatic carbocycles. The Hall–Kier alpha value is -2.66. The zero-order valence-corrected chi connectivity index (χ0v) is 15.3. The Balaban J connectivity index is 1.70. The summed E-state index contributed by atoms with van der Waals surface area (Å²) >= 11 is 1.55.